The Morgan fingerprint density at radius 2 is 1.84 bits per heavy atom. The van der Waals surface area contributed by atoms with Gasteiger partial charge < -0.3 is 5.32 Å². The third-order valence-corrected chi connectivity index (χ3v) is 5.21. The monoisotopic (exact) mass is 435 g/mol. The van der Waals surface area contributed by atoms with Crippen molar-refractivity contribution in [1.29, 1.82) is 0 Å². The first kappa shape index (κ1) is 21.4. The van der Waals surface area contributed by atoms with Crippen LogP contribution in [0.25, 0.3) is 16.9 Å². The Kier molecular flexibility index (Phi) is 6.39. The van der Waals surface area contributed by atoms with Crippen molar-refractivity contribution in [3.63, 3.8) is 0 Å². The Morgan fingerprint density at radius 3 is 2.53 bits per heavy atom. The molecule has 0 aliphatic carbocycles. The molecule has 0 radical (unpaired) electrons. The fourth-order valence-electron chi connectivity index (χ4n) is 3.46. The molecule has 0 spiro atoms. The second-order valence-corrected chi connectivity index (χ2v) is 7.26. The molecule has 2 aromatic heterocycles. The Labute approximate surface area is 184 Å². The van der Waals surface area contributed by atoms with E-state index in [1.54, 1.807) is 10.9 Å². The highest BCUT2D eigenvalue weighted by molar-refractivity contribution is 5.99. The van der Waals surface area contributed by atoms with Crippen molar-refractivity contribution in [1.82, 2.24) is 24.6 Å². The van der Waals surface area contributed by atoms with Crippen LogP contribution in [-0.4, -0.2) is 31.8 Å². The third-order valence-electron chi connectivity index (χ3n) is 5.21. The number of halogens is 2. The number of nitrogens with zero attached hydrogens (tertiary/aromatic N) is 4. The molecular weight excluding hydrogens is 412 g/mol. The Bertz CT molecular complexity index is 1180. The van der Waals surface area contributed by atoms with Gasteiger partial charge in [-0.3, -0.25) is 9.36 Å². The number of benzene rings is 2. The zero-order valence-electron chi connectivity index (χ0n) is 17.6. The van der Waals surface area contributed by atoms with Crippen LogP contribution in [0.15, 0.2) is 73.2 Å². The molecule has 0 bridgehead atoms. The number of hydrogen-bond donors (Lipinski definition) is 1. The van der Waals surface area contributed by atoms with Crippen LogP contribution in [0.4, 0.5) is 8.78 Å². The number of hydrogen-bond acceptors (Lipinski definition) is 3. The third kappa shape index (κ3) is 4.59. The van der Waals surface area contributed by atoms with E-state index < -0.39 is 6.55 Å². The van der Waals surface area contributed by atoms with Gasteiger partial charge in [0, 0.05) is 37.1 Å². The molecule has 164 valence electrons. The summed E-state index contributed by atoms with van der Waals surface area (Å²) >= 11 is 0. The molecule has 0 aliphatic rings. The van der Waals surface area contributed by atoms with Crippen LogP contribution in [0.1, 0.15) is 35.2 Å². The van der Waals surface area contributed by atoms with Crippen LogP contribution in [0.3, 0.4) is 0 Å². The van der Waals surface area contributed by atoms with Crippen LogP contribution in [0, 0.1) is 0 Å². The molecule has 1 N–H and O–H groups in total. The Morgan fingerprint density at radius 1 is 1.09 bits per heavy atom. The largest absolute Gasteiger partial charge is 0.351 e. The van der Waals surface area contributed by atoms with E-state index in [4.69, 9.17) is 0 Å². The summed E-state index contributed by atoms with van der Waals surface area (Å²) in [5, 5.41) is 7.47. The van der Waals surface area contributed by atoms with Crippen molar-refractivity contribution in [2.24, 2.45) is 0 Å². The molecule has 0 saturated heterocycles. The van der Waals surface area contributed by atoms with Crippen molar-refractivity contribution in [2.45, 2.75) is 26.3 Å². The summed E-state index contributed by atoms with van der Waals surface area (Å²) in [6, 6.07) is 17.5. The maximum Gasteiger partial charge on any atom is 0.319 e. The standard InChI is InChI=1S/C24H23F2N5O/c1-2-17-8-10-18(11-9-17)22-20(16-31(29-22)19-6-4-3-5-7-19)23(32)28-13-12-21-27-14-15-30(21)24(25)26/h3-11,14-16,24H,2,12-13H2,1H3,(H,28,32). The molecule has 8 heteroatoms. The topological polar surface area (TPSA) is 64.7 Å². The highest BCUT2D eigenvalue weighted by Gasteiger charge is 2.19. The van der Waals surface area contributed by atoms with Crippen molar-refractivity contribution in [3.05, 3.63) is 90.1 Å². The summed E-state index contributed by atoms with van der Waals surface area (Å²) in [6.45, 7) is -0.407. The van der Waals surface area contributed by atoms with Gasteiger partial charge in [-0.25, -0.2) is 9.67 Å². The second-order valence-electron chi connectivity index (χ2n) is 7.26. The molecule has 2 aromatic carbocycles. The van der Waals surface area contributed by atoms with Crippen LogP contribution >= 0.6 is 0 Å². The van der Waals surface area contributed by atoms with E-state index in [1.165, 1.54) is 18.0 Å². The number of carbonyl (C=O) groups is 1. The number of nitrogens with one attached hydrogen (secondary N) is 1. The number of carbonyl (C=O) groups excluding carboxylic acids is 1. The average molecular weight is 435 g/mol. The van der Waals surface area contributed by atoms with Gasteiger partial charge in [-0.15, -0.1) is 0 Å². The summed E-state index contributed by atoms with van der Waals surface area (Å²) in [4.78, 5) is 17.0. The lowest BCUT2D eigenvalue weighted by molar-refractivity contribution is 0.0670. The van der Waals surface area contributed by atoms with E-state index in [1.807, 2.05) is 54.6 Å². The van der Waals surface area contributed by atoms with Gasteiger partial charge in [-0.2, -0.15) is 13.9 Å². The van der Waals surface area contributed by atoms with Gasteiger partial charge in [0.2, 0.25) is 0 Å². The molecule has 0 unspecified atom stereocenters. The van der Waals surface area contributed by atoms with Gasteiger partial charge >= 0.3 is 6.55 Å². The molecule has 1 amide bonds. The molecule has 2 heterocycles. The molecule has 6 nitrogen and oxygen atoms in total. The minimum atomic E-state index is -2.66. The van der Waals surface area contributed by atoms with Crippen LogP contribution in [0.5, 0.6) is 0 Å². The minimum absolute atomic E-state index is 0.174. The maximum absolute atomic E-state index is 13.0. The van der Waals surface area contributed by atoms with Gasteiger partial charge in [-0.1, -0.05) is 49.4 Å². The molecule has 0 atom stereocenters. The van der Waals surface area contributed by atoms with Gasteiger partial charge in [0.15, 0.2) is 0 Å². The van der Waals surface area contributed by atoms with Gasteiger partial charge in [0.05, 0.1) is 11.3 Å². The van der Waals surface area contributed by atoms with E-state index in [9.17, 15) is 13.6 Å². The first-order chi connectivity index (χ1) is 15.6. The quantitative estimate of drug-likeness (QED) is 0.438. The fraction of sp³-hybridized carbons (Fsp3) is 0.208. The van der Waals surface area contributed by atoms with Gasteiger partial charge in [-0.05, 0) is 24.1 Å². The number of aromatic nitrogens is 4. The molecule has 0 saturated carbocycles. The van der Waals surface area contributed by atoms with E-state index in [2.05, 4.69) is 22.3 Å². The van der Waals surface area contributed by atoms with Gasteiger partial charge in [0.1, 0.15) is 11.5 Å². The number of imidazole rings is 1. The second kappa shape index (κ2) is 9.55. The lowest BCUT2D eigenvalue weighted by atomic mass is 10.0. The zero-order valence-corrected chi connectivity index (χ0v) is 17.6. The first-order valence-corrected chi connectivity index (χ1v) is 10.4. The summed E-state index contributed by atoms with van der Waals surface area (Å²) in [7, 11) is 0. The molecule has 0 aliphatic heterocycles. The molecular formula is C24H23F2N5O. The van der Waals surface area contributed by atoms with E-state index >= 15 is 0 Å². The smallest absolute Gasteiger partial charge is 0.319 e. The van der Waals surface area contributed by atoms with Crippen molar-refractivity contribution < 1.29 is 13.6 Å². The van der Waals surface area contributed by atoms with Crippen molar-refractivity contribution >= 4 is 5.91 Å². The highest BCUT2D eigenvalue weighted by atomic mass is 19.3. The molecule has 4 rings (SSSR count). The maximum atomic E-state index is 13.0. The SMILES string of the molecule is CCc1ccc(-c2nn(-c3ccccc3)cc2C(=O)NCCc2nccn2C(F)F)cc1. The van der Waals surface area contributed by atoms with E-state index in [0.29, 0.717) is 11.3 Å². The normalized spacial score (nSPS) is 11.1. The average Bonchev–Trinajstić information content (AvgIpc) is 3.47. The lowest BCUT2D eigenvalue weighted by Crippen LogP contribution is -2.26. The fourth-order valence-corrected chi connectivity index (χ4v) is 3.46. The Hall–Kier alpha value is -3.81. The lowest BCUT2D eigenvalue weighted by Gasteiger charge is -2.08. The predicted molar refractivity (Wildman–Crippen MR) is 118 cm³/mol. The van der Waals surface area contributed by atoms with Crippen molar-refractivity contribution in [2.75, 3.05) is 6.54 Å². The number of amides is 1. The number of aryl methyl sites for hydroxylation is 1. The number of alkyl halides is 2. The first-order valence-electron chi connectivity index (χ1n) is 10.4. The summed E-state index contributed by atoms with van der Waals surface area (Å²) in [5.41, 5.74) is 3.82. The zero-order chi connectivity index (χ0) is 22.5. The minimum Gasteiger partial charge on any atom is -0.351 e. The molecule has 0 fully saturated rings. The number of rotatable bonds is 8. The summed E-state index contributed by atoms with van der Waals surface area (Å²) < 4.78 is 28.4. The molecule has 4 aromatic rings. The van der Waals surface area contributed by atoms with Crippen LogP contribution in [-0.2, 0) is 12.8 Å². The van der Waals surface area contributed by atoms with Gasteiger partial charge in [0.25, 0.3) is 5.91 Å². The Balaban J connectivity index is 1.58. The van der Waals surface area contributed by atoms with Crippen LogP contribution in [0.2, 0.25) is 0 Å². The predicted octanol–water partition coefficient (Wildman–Crippen LogP) is 4.67. The van der Waals surface area contributed by atoms with Crippen LogP contribution < -0.4 is 5.32 Å². The van der Waals surface area contributed by atoms with E-state index in [-0.39, 0.29) is 24.7 Å². The summed E-state index contributed by atoms with van der Waals surface area (Å²) in [5.74, 6) is -0.104. The number of para-hydroxylation sites is 1. The summed E-state index contributed by atoms with van der Waals surface area (Å²) in [6.07, 6.45) is 5.35. The van der Waals surface area contributed by atoms with E-state index in [0.717, 1.165) is 22.2 Å². The highest BCUT2D eigenvalue weighted by Crippen LogP contribution is 2.24. The van der Waals surface area contributed by atoms with Crippen molar-refractivity contribution in [3.8, 4) is 16.9 Å². The molecule has 32 heavy (non-hydrogen) atoms.